The summed E-state index contributed by atoms with van der Waals surface area (Å²) in [7, 11) is 3.17. The summed E-state index contributed by atoms with van der Waals surface area (Å²) in [5, 5.41) is 3.01. The number of carbonyl (C=O) groups excluding carboxylic acids is 1. The monoisotopic (exact) mass is 421 g/mol. The normalized spacial score (nSPS) is 16.3. The van der Waals surface area contributed by atoms with E-state index >= 15 is 0 Å². The van der Waals surface area contributed by atoms with E-state index in [1.54, 1.807) is 32.4 Å². The number of rotatable bonds is 5. The molecule has 1 atom stereocenters. The zero-order valence-electron chi connectivity index (χ0n) is 18.3. The third kappa shape index (κ3) is 4.38. The van der Waals surface area contributed by atoms with Gasteiger partial charge in [-0.25, -0.2) is 15.0 Å². The molecular formula is C23H27N5O3. The second-order valence-corrected chi connectivity index (χ2v) is 7.77. The number of aromatic nitrogens is 3. The quantitative estimate of drug-likeness (QED) is 0.674. The maximum atomic E-state index is 13.0. The van der Waals surface area contributed by atoms with Gasteiger partial charge in [-0.15, -0.1) is 0 Å². The molecule has 31 heavy (non-hydrogen) atoms. The van der Waals surface area contributed by atoms with Crippen molar-refractivity contribution in [2.24, 2.45) is 5.92 Å². The maximum Gasteiger partial charge on any atom is 0.229 e. The maximum absolute atomic E-state index is 13.0. The highest BCUT2D eigenvalue weighted by atomic mass is 16.5. The zero-order valence-corrected chi connectivity index (χ0v) is 18.3. The van der Waals surface area contributed by atoms with Crippen LogP contribution < -0.4 is 19.7 Å². The number of anilines is 2. The molecule has 1 aliphatic rings. The fourth-order valence-electron chi connectivity index (χ4n) is 3.84. The molecule has 0 saturated carbocycles. The van der Waals surface area contributed by atoms with Gasteiger partial charge < -0.3 is 19.7 Å². The van der Waals surface area contributed by atoms with Gasteiger partial charge in [-0.05, 0) is 44.9 Å². The molecule has 1 aromatic carbocycles. The van der Waals surface area contributed by atoms with Crippen molar-refractivity contribution in [3.05, 3.63) is 41.9 Å². The van der Waals surface area contributed by atoms with Gasteiger partial charge in [0, 0.05) is 19.2 Å². The lowest BCUT2D eigenvalue weighted by Gasteiger charge is -2.33. The van der Waals surface area contributed by atoms with Gasteiger partial charge in [0.05, 0.1) is 49.1 Å². The molecule has 0 bridgehead atoms. The summed E-state index contributed by atoms with van der Waals surface area (Å²) in [4.78, 5) is 28.8. The predicted octanol–water partition coefficient (Wildman–Crippen LogP) is 3.51. The molecular weight excluding hydrogens is 394 g/mol. The lowest BCUT2D eigenvalue weighted by atomic mass is 9.96. The number of ether oxygens (including phenoxy) is 2. The Hall–Kier alpha value is -3.42. The van der Waals surface area contributed by atoms with Crippen LogP contribution >= 0.6 is 0 Å². The third-order valence-electron chi connectivity index (χ3n) is 5.74. The summed E-state index contributed by atoms with van der Waals surface area (Å²) in [6.45, 7) is 5.38. The number of amides is 1. The minimum atomic E-state index is -0.137. The Balaban J connectivity index is 1.50. The molecule has 1 amide bonds. The Morgan fingerprint density at radius 1 is 1.13 bits per heavy atom. The molecule has 1 fully saturated rings. The van der Waals surface area contributed by atoms with Gasteiger partial charge in [0.15, 0.2) is 5.65 Å². The fraction of sp³-hybridized carbons (Fsp3) is 0.391. The van der Waals surface area contributed by atoms with Crippen LogP contribution in [0.25, 0.3) is 11.2 Å². The van der Waals surface area contributed by atoms with Crippen LogP contribution in [0.3, 0.4) is 0 Å². The van der Waals surface area contributed by atoms with Gasteiger partial charge >= 0.3 is 0 Å². The lowest BCUT2D eigenvalue weighted by molar-refractivity contribution is -0.120. The summed E-state index contributed by atoms with van der Waals surface area (Å²) < 4.78 is 10.6. The summed E-state index contributed by atoms with van der Waals surface area (Å²) >= 11 is 0. The second-order valence-electron chi connectivity index (χ2n) is 7.77. The number of methoxy groups -OCH3 is 2. The van der Waals surface area contributed by atoms with Crippen LogP contribution in [0.4, 0.5) is 11.4 Å². The van der Waals surface area contributed by atoms with Gasteiger partial charge in [-0.2, -0.15) is 0 Å². The molecule has 1 N–H and O–H groups in total. The van der Waals surface area contributed by atoms with Crippen LogP contribution in [-0.2, 0) is 4.79 Å². The van der Waals surface area contributed by atoms with Crippen molar-refractivity contribution in [1.82, 2.24) is 15.0 Å². The first kappa shape index (κ1) is 20.8. The number of aryl methyl sites for hydroxylation is 2. The van der Waals surface area contributed by atoms with Gasteiger partial charge in [-0.3, -0.25) is 4.79 Å². The van der Waals surface area contributed by atoms with E-state index < -0.39 is 0 Å². The first-order valence-electron chi connectivity index (χ1n) is 10.4. The topological polar surface area (TPSA) is 89.5 Å². The molecule has 2 aromatic heterocycles. The highest BCUT2D eigenvalue weighted by molar-refractivity contribution is 5.94. The fourth-order valence-corrected chi connectivity index (χ4v) is 3.84. The van der Waals surface area contributed by atoms with Crippen molar-refractivity contribution >= 4 is 28.4 Å². The van der Waals surface area contributed by atoms with Crippen molar-refractivity contribution in [2.45, 2.75) is 26.7 Å². The Morgan fingerprint density at radius 3 is 2.71 bits per heavy atom. The molecule has 3 aromatic rings. The van der Waals surface area contributed by atoms with Crippen LogP contribution in [0.5, 0.6) is 11.5 Å². The SMILES string of the molecule is COc1ccc(NC(=O)[C@@H]2CCCN(c3cnc4nc(C)c(C)nc4c3)C2)c(OC)c1. The molecule has 0 unspecified atom stereocenters. The smallest absolute Gasteiger partial charge is 0.229 e. The van der Waals surface area contributed by atoms with Crippen LogP contribution in [0.1, 0.15) is 24.2 Å². The van der Waals surface area contributed by atoms with Crippen molar-refractivity contribution in [1.29, 1.82) is 0 Å². The Kier molecular flexibility index (Phi) is 5.88. The minimum Gasteiger partial charge on any atom is -0.497 e. The molecule has 8 nitrogen and oxygen atoms in total. The van der Waals surface area contributed by atoms with Crippen molar-refractivity contribution in [3.8, 4) is 11.5 Å². The standard InChI is InChI=1S/C23H27N5O3/c1-14-15(2)26-22-20(25-14)10-17(12-24-22)28-9-5-6-16(13-28)23(29)27-19-8-7-18(30-3)11-21(19)31-4/h7-8,10-12,16H,5-6,9,13H2,1-4H3,(H,27,29)/t16-/m1/s1. The van der Waals surface area contributed by atoms with Gasteiger partial charge in [0.2, 0.25) is 5.91 Å². The average molecular weight is 422 g/mol. The van der Waals surface area contributed by atoms with Crippen molar-refractivity contribution < 1.29 is 14.3 Å². The van der Waals surface area contributed by atoms with E-state index in [4.69, 9.17) is 9.47 Å². The highest BCUT2D eigenvalue weighted by Gasteiger charge is 2.27. The van der Waals surface area contributed by atoms with Crippen molar-refractivity contribution in [3.63, 3.8) is 0 Å². The van der Waals surface area contributed by atoms with E-state index in [9.17, 15) is 4.79 Å². The first-order valence-corrected chi connectivity index (χ1v) is 10.4. The largest absolute Gasteiger partial charge is 0.497 e. The number of benzene rings is 1. The number of hydrogen-bond acceptors (Lipinski definition) is 7. The summed E-state index contributed by atoms with van der Waals surface area (Å²) in [6, 6.07) is 7.37. The van der Waals surface area contributed by atoms with Crippen LogP contribution in [0.2, 0.25) is 0 Å². The van der Waals surface area contributed by atoms with E-state index in [-0.39, 0.29) is 11.8 Å². The number of nitrogens with zero attached hydrogens (tertiary/aromatic N) is 4. The Bertz CT molecular complexity index is 1120. The highest BCUT2D eigenvalue weighted by Crippen LogP contribution is 2.31. The molecule has 8 heteroatoms. The van der Waals surface area contributed by atoms with Gasteiger partial charge in [0.1, 0.15) is 17.0 Å². The van der Waals surface area contributed by atoms with E-state index in [0.29, 0.717) is 29.4 Å². The number of hydrogen-bond donors (Lipinski definition) is 1. The third-order valence-corrected chi connectivity index (χ3v) is 5.74. The van der Waals surface area contributed by atoms with E-state index in [1.165, 1.54) is 0 Å². The molecule has 0 spiro atoms. The molecule has 0 aliphatic carbocycles. The summed E-state index contributed by atoms with van der Waals surface area (Å²) in [5.41, 5.74) is 4.80. The molecule has 0 radical (unpaired) electrons. The zero-order chi connectivity index (χ0) is 22.0. The number of nitrogens with one attached hydrogen (secondary N) is 1. The predicted molar refractivity (Wildman–Crippen MR) is 120 cm³/mol. The van der Waals surface area contributed by atoms with Crippen molar-refractivity contribution in [2.75, 3.05) is 37.5 Å². The Morgan fingerprint density at radius 2 is 1.94 bits per heavy atom. The Labute approximate surface area is 181 Å². The van der Waals surface area contributed by atoms with Crippen LogP contribution in [0, 0.1) is 19.8 Å². The molecule has 1 saturated heterocycles. The molecule has 1 aliphatic heterocycles. The summed E-state index contributed by atoms with van der Waals surface area (Å²) in [6.07, 6.45) is 3.58. The molecule has 162 valence electrons. The average Bonchev–Trinajstić information content (AvgIpc) is 2.79. The lowest BCUT2D eigenvalue weighted by Crippen LogP contribution is -2.40. The molecule has 4 rings (SSSR count). The van der Waals surface area contributed by atoms with Crippen LogP contribution in [0.15, 0.2) is 30.5 Å². The van der Waals surface area contributed by atoms with Gasteiger partial charge in [0.25, 0.3) is 0 Å². The summed E-state index contributed by atoms with van der Waals surface area (Å²) in [5.74, 6) is 1.09. The van der Waals surface area contributed by atoms with E-state index in [1.807, 2.05) is 26.1 Å². The van der Waals surface area contributed by atoms with E-state index in [2.05, 4.69) is 25.2 Å². The first-order chi connectivity index (χ1) is 15.0. The second kappa shape index (κ2) is 8.75. The van der Waals surface area contributed by atoms with Gasteiger partial charge in [-0.1, -0.05) is 0 Å². The number of fused-ring (bicyclic) bond motifs is 1. The van der Waals surface area contributed by atoms with Crippen LogP contribution in [-0.4, -0.2) is 48.2 Å². The minimum absolute atomic E-state index is 0.0202. The number of piperidine rings is 1. The number of carbonyl (C=O) groups is 1. The van der Waals surface area contributed by atoms with E-state index in [0.717, 1.165) is 42.0 Å². The number of pyridine rings is 1. The molecule has 3 heterocycles.